The van der Waals surface area contributed by atoms with Crippen LogP contribution in [0.4, 0.5) is 0 Å². The van der Waals surface area contributed by atoms with Gasteiger partial charge in [0.1, 0.15) is 11.4 Å². The van der Waals surface area contributed by atoms with Crippen LogP contribution in [0.5, 0.6) is 5.75 Å². The van der Waals surface area contributed by atoms with Crippen molar-refractivity contribution >= 4 is 22.8 Å². The Hall–Kier alpha value is -2.54. The van der Waals surface area contributed by atoms with Gasteiger partial charge >= 0.3 is 0 Å². The standard InChI is InChI=1S/C18H27N5O2/c1-4-23(5-2)9-6-10-25-14-8-7-13-11-16(21-15(13)12-14)17(24)22-18(19)20-3/h7-8,11-12,21H,4-6,9-10H2,1-3H3,(H3,19,20,22,24). The molecular weight excluding hydrogens is 318 g/mol. The van der Waals surface area contributed by atoms with E-state index in [1.54, 1.807) is 6.07 Å². The SMILES string of the molecule is CCN(CC)CCCOc1ccc2cc(C(=O)NC(N)=NC)[nH]c2c1. The number of fused-ring (bicyclic) bond motifs is 1. The summed E-state index contributed by atoms with van der Waals surface area (Å²) in [5.74, 6) is 0.553. The van der Waals surface area contributed by atoms with Gasteiger partial charge in [-0.25, -0.2) is 0 Å². The molecule has 1 aromatic heterocycles. The second-order valence-corrected chi connectivity index (χ2v) is 5.72. The van der Waals surface area contributed by atoms with Crippen molar-refractivity contribution in [3.8, 4) is 5.75 Å². The highest BCUT2D eigenvalue weighted by molar-refractivity contribution is 6.06. The van der Waals surface area contributed by atoms with E-state index in [1.165, 1.54) is 7.05 Å². The Balaban J connectivity index is 1.96. The minimum Gasteiger partial charge on any atom is -0.493 e. The molecule has 0 unspecified atom stereocenters. The predicted octanol–water partition coefficient (Wildman–Crippen LogP) is 1.95. The molecule has 2 aromatic rings. The van der Waals surface area contributed by atoms with E-state index in [1.807, 2.05) is 18.2 Å². The van der Waals surface area contributed by atoms with Crippen molar-refractivity contribution in [1.29, 1.82) is 0 Å². The van der Waals surface area contributed by atoms with Gasteiger partial charge < -0.3 is 20.4 Å². The van der Waals surface area contributed by atoms with Crippen molar-refractivity contribution in [3.05, 3.63) is 30.0 Å². The number of amides is 1. The number of nitrogens with one attached hydrogen (secondary N) is 2. The molecule has 7 nitrogen and oxygen atoms in total. The third-order valence-corrected chi connectivity index (χ3v) is 4.10. The average Bonchev–Trinajstić information content (AvgIpc) is 3.05. The molecule has 2 rings (SSSR count). The van der Waals surface area contributed by atoms with E-state index >= 15 is 0 Å². The van der Waals surface area contributed by atoms with Crippen molar-refractivity contribution in [2.45, 2.75) is 20.3 Å². The molecule has 25 heavy (non-hydrogen) atoms. The second-order valence-electron chi connectivity index (χ2n) is 5.72. The van der Waals surface area contributed by atoms with E-state index in [4.69, 9.17) is 10.5 Å². The smallest absolute Gasteiger partial charge is 0.274 e. The number of aromatic amines is 1. The fourth-order valence-corrected chi connectivity index (χ4v) is 2.58. The average molecular weight is 345 g/mol. The van der Waals surface area contributed by atoms with E-state index < -0.39 is 0 Å². The number of H-pyrrole nitrogens is 1. The lowest BCUT2D eigenvalue weighted by Crippen LogP contribution is -2.36. The molecule has 0 saturated carbocycles. The predicted molar refractivity (Wildman–Crippen MR) is 101 cm³/mol. The van der Waals surface area contributed by atoms with Crippen molar-refractivity contribution in [1.82, 2.24) is 15.2 Å². The molecule has 0 aliphatic heterocycles. The summed E-state index contributed by atoms with van der Waals surface area (Å²) in [5.41, 5.74) is 6.80. The van der Waals surface area contributed by atoms with Crippen LogP contribution in [0.1, 0.15) is 30.8 Å². The Morgan fingerprint density at radius 2 is 2.08 bits per heavy atom. The molecule has 1 aromatic carbocycles. The van der Waals surface area contributed by atoms with Gasteiger partial charge in [-0.1, -0.05) is 13.8 Å². The molecule has 0 atom stereocenters. The number of nitrogens with zero attached hydrogens (tertiary/aromatic N) is 2. The highest BCUT2D eigenvalue weighted by Gasteiger charge is 2.11. The van der Waals surface area contributed by atoms with Crippen molar-refractivity contribution in [3.63, 3.8) is 0 Å². The molecule has 0 spiro atoms. The van der Waals surface area contributed by atoms with E-state index in [-0.39, 0.29) is 11.9 Å². The summed E-state index contributed by atoms with van der Waals surface area (Å²) in [7, 11) is 1.52. The van der Waals surface area contributed by atoms with E-state index in [0.717, 1.165) is 42.7 Å². The first-order valence-electron chi connectivity index (χ1n) is 8.58. The number of benzene rings is 1. The minimum atomic E-state index is -0.319. The van der Waals surface area contributed by atoms with Gasteiger partial charge in [-0.2, -0.15) is 0 Å². The number of carbonyl (C=O) groups excluding carboxylic acids is 1. The Morgan fingerprint density at radius 3 is 2.76 bits per heavy atom. The molecule has 4 N–H and O–H groups in total. The maximum Gasteiger partial charge on any atom is 0.274 e. The summed E-state index contributed by atoms with van der Waals surface area (Å²) in [5, 5.41) is 3.44. The molecule has 0 radical (unpaired) electrons. The quantitative estimate of drug-likeness (QED) is 0.387. The van der Waals surface area contributed by atoms with Gasteiger partial charge in [0.25, 0.3) is 5.91 Å². The number of hydrogen-bond acceptors (Lipinski definition) is 4. The molecule has 1 heterocycles. The fourth-order valence-electron chi connectivity index (χ4n) is 2.58. The van der Waals surface area contributed by atoms with Crippen molar-refractivity contribution in [2.24, 2.45) is 10.7 Å². The van der Waals surface area contributed by atoms with Gasteiger partial charge in [0, 0.05) is 30.6 Å². The second kappa shape index (κ2) is 9.08. The van der Waals surface area contributed by atoms with Crippen LogP contribution in [0, 0.1) is 0 Å². The molecule has 0 aliphatic rings. The number of rotatable bonds is 8. The first kappa shape index (κ1) is 18.8. The van der Waals surface area contributed by atoms with Crippen LogP contribution >= 0.6 is 0 Å². The summed E-state index contributed by atoms with van der Waals surface area (Å²) in [6.07, 6.45) is 0.980. The zero-order valence-electron chi connectivity index (χ0n) is 15.1. The maximum atomic E-state index is 12.1. The minimum absolute atomic E-state index is 0.0841. The lowest BCUT2D eigenvalue weighted by molar-refractivity contribution is 0.0972. The normalized spacial score (nSPS) is 11.9. The molecule has 1 amide bonds. The number of hydrogen-bond donors (Lipinski definition) is 3. The van der Waals surface area contributed by atoms with Gasteiger partial charge in [0.05, 0.1) is 6.61 Å². The Labute approximate surface area is 148 Å². The van der Waals surface area contributed by atoms with Gasteiger partial charge in [-0.3, -0.25) is 15.1 Å². The molecular formula is C18H27N5O2. The van der Waals surface area contributed by atoms with Crippen molar-refractivity contribution in [2.75, 3.05) is 33.3 Å². The highest BCUT2D eigenvalue weighted by Crippen LogP contribution is 2.21. The number of aromatic nitrogens is 1. The molecule has 0 bridgehead atoms. The lowest BCUT2D eigenvalue weighted by Gasteiger charge is -2.17. The van der Waals surface area contributed by atoms with Gasteiger partial charge in [-0.05, 0) is 37.7 Å². The van der Waals surface area contributed by atoms with Gasteiger partial charge in [0.15, 0.2) is 5.96 Å². The lowest BCUT2D eigenvalue weighted by atomic mass is 10.2. The summed E-state index contributed by atoms with van der Waals surface area (Å²) < 4.78 is 5.82. The van der Waals surface area contributed by atoms with Crippen LogP contribution in [0.15, 0.2) is 29.3 Å². The number of ether oxygens (including phenoxy) is 1. The summed E-state index contributed by atoms with van der Waals surface area (Å²) in [6, 6.07) is 7.52. The highest BCUT2D eigenvalue weighted by atomic mass is 16.5. The molecule has 0 aliphatic carbocycles. The zero-order chi connectivity index (χ0) is 18.2. The molecule has 136 valence electrons. The zero-order valence-corrected chi connectivity index (χ0v) is 15.1. The Morgan fingerprint density at radius 1 is 1.32 bits per heavy atom. The number of nitrogens with two attached hydrogens (primary N) is 1. The first-order chi connectivity index (χ1) is 12.1. The monoisotopic (exact) mass is 345 g/mol. The van der Waals surface area contributed by atoms with Gasteiger partial charge in [0.2, 0.25) is 0 Å². The van der Waals surface area contributed by atoms with Crippen LogP contribution in [0.2, 0.25) is 0 Å². The number of aliphatic imine (C=N–C) groups is 1. The Kier molecular flexibility index (Phi) is 6.82. The van der Waals surface area contributed by atoms with Crippen LogP contribution < -0.4 is 15.8 Å². The van der Waals surface area contributed by atoms with Gasteiger partial charge in [-0.15, -0.1) is 0 Å². The van der Waals surface area contributed by atoms with Crippen LogP contribution in [-0.4, -0.2) is 55.0 Å². The third-order valence-electron chi connectivity index (χ3n) is 4.10. The maximum absolute atomic E-state index is 12.1. The topological polar surface area (TPSA) is 95.7 Å². The first-order valence-corrected chi connectivity index (χ1v) is 8.58. The number of carbonyl (C=O) groups is 1. The fraction of sp³-hybridized carbons (Fsp3) is 0.444. The molecule has 0 saturated heterocycles. The third kappa shape index (κ3) is 5.22. The largest absolute Gasteiger partial charge is 0.493 e. The van der Waals surface area contributed by atoms with Crippen molar-refractivity contribution < 1.29 is 9.53 Å². The van der Waals surface area contributed by atoms with Crippen LogP contribution in [0.25, 0.3) is 10.9 Å². The van der Waals surface area contributed by atoms with Crippen LogP contribution in [0.3, 0.4) is 0 Å². The van der Waals surface area contributed by atoms with Crippen LogP contribution in [-0.2, 0) is 0 Å². The molecule has 7 heteroatoms. The van der Waals surface area contributed by atoms with E-state index in [0.29, 0.717) is 12.3 Å². The summed E-state index contributed by atoms with van der Waals surface area (Å²) in [6.45, 7) is 8.14. The Bertz CT molecular complexity index is 734. The molecule has 0 fully saturated rings. The van der Waals surface area contributed by atoms with E-state index in [2.05, 4.69) is 34.0 Å². The van der Waals surface area contributed by atoms with E-state index in [9.17, 15) is 4.79 Å². The summed E-state index contributed by atoms with van der Waals surface area (Å²) >= 11 is 0. The number of guanidine groups is 1. The summed E-state index contributed by atoms with van der Waals surface area (Å²) in [4.78, 5) is 21.2.